The molecule has 1 fully saturated rings. The van der Waals surface area contributed by atoms with E-state index >= 15 is 0 Å². The Kier molecular flexibility index (Phi) is 4.22. The number of furan rings is 1. The van der Waals surface area contributed by atoms with Gasteiger partial charge in [-0.1, -0.05) is 17.7 Å². The highest BCUT2D eigenvalue weighted by atomic mass is 35.5. The van der Waals surface area contributed by atoms with Gasteiger partial charge in [-0.05, 0) is 56.0 Å². The number of benzene rings is 1. The van der Waals surface area contributed by atoms with E-state index in [1.54, 1.807) is 6.26 Å². The first kappa shape index (κ1) is 14.5. The molecule has 21 heavy (non-hydrogen) atoms. The van der Waals surface area contributed by atoms with Gasteiger partial charge < -0.3 is 15.1 Å². The zero-order chi connectivity index (χ0) is 14.8. The fraction of sp³-hybridized carbons (Fsp3) is 0.412. The molecule has 1 aromatic carbocycles. The number of anilines is 1. The molecule has 4 heteroatoms. The highest BCUT2D eigenvalue weighted by Gasteiger charge is 2.31. The Hall–Kier alpha value is -1.45. The molecule has 0 radical (unpaired) electrons. The van der Waals surface area contributed by atoms with Gasteiger partial charge in [0, 0.05) is 12.1 Å². The number of nitrogens with zero attached hydrogens (tertiary/aromatic N) is 1. The predicted molar refractivity (Wildman–Crippen MR) is 86.7 cm³/mol. The molecule has 0 amide bonds. The van der Waals surface area contributed by atoms with Crippen molar-refractivity contribution in [2.24, 2.45) is 5.73 Å². The van der Waals surface area contributed by atoms with Gasteiger partial charge in [-0.3, -0.25) is 0 Å². The Morgan fingerprint density at radius 3 is 2.76 bits per heavy atom. The summed E-state index contributed by atoms with van der Waals surface area (Å²) in [7, 11) is 0. The van der Waals surface area contributed by atoms with Crippen LogP contribution in [0.5, 0.6) is 0 Å². The van der Waals surface area contributed by atoms with Crippen molar-refractivity contribution in [3.05, 3.63) is 52.9 Å². The second-order valence-corrected chi connectivity index (χ2v) is 6.31. The fourth-order valence-electron chi connectivity index (χ4n) is 2.65. The van der Waals surface area contributed by atoms with Crippen molar-refractivity contribution in [3.8, 4) is 0 Å². The summed E-state index contributed by atoms with van der Waals surface area (Å²) in [6, 6.07) is 10.9. The molecular formula is C17H21ClN2O. The van der Waals surface area contributed by atoms with Crippen LogP contribution in [-0.4, -0.2) is 12.1 Å². The first-order chi connectivity index (χ1) is 10.1. The summed E-state index contributed by atoms with van der Waals surface area (Å²) in [6.45, 7) is 2.78. The maximum Gasteiger partial charge on any atom is 0.123 e. The summed E-state index contributed by atoms with van der Waals surface area (Å²) in [5.41, 5.74) is 8.13. The van der Waals surface area contributed by atoms with Gasteiger partial charge in [-0.15, -0.1) is 0 Å². The maximum atomic E-state index is 6.51. The molecule has 1 unspecified atom stereocenters. The van der Waals surface area contributed by atoms with Crippen LogP contribution >= 0.6 is 11.6 Å². The number of hydrogen-bond acceptors (Lipinski definition) is 3. The predicted octanol–water partition coefficient (Wildman–Crippen LogP) is 3.99. The van der Waals surface area contributed by atoms with Gasteiger partial charge in [0.05, 0.1) is 23.5 Å². The highest BCUT2D eigenvalue weighted by Crippen LogP contribution is 2.37. The lowest BCUT2D eigenvalue weighted by Gasteiger charge is -2.25. The van der Waals surface area contributed by atoms with Crippen LogP contribution in [-0.2, 0) is 13.0 Å². The van der Waals surface area contributed by atoms with Crippen LogP contribution < -0.4 is 10.6 Å². The van der Waals surface area contributed by atoms with E-state index in [0.29, 0.717) is 6.04 Å². The van der Waals surface area contributed by atoms with Crippen molar-refractivity contribution in [1.82, 2.24) is 0 Å². The highest BCUT2D eigenvalue weighted by molar-refractivity contribution is 6.33. The van der Waals surface area contributed by atoms with Crippen LogP contribution in [0.15, 0.2) is 41.0 Å². The van der Waals surface area contributed by atoms with Crippen LogP contribution in [0.25, 0.3) is 0 Å². The molecule has 0 aliphatic heterocycles. The molecule has 0 saturated heterocycles. The Morgan fingerprint density at radius 2 is 2.19 bits per heavy atom. The molecule has 0 bridgehead atoms. The van der Waals surface area contributed by atoms with Crippen molar-refractivity contribution >= 4 is 17.3 Å². The van der Waals surface area contributed by atoms with Crippen molar-refractivity contribution in [3.63, 3.8) is 0 Å². The molecule has 2 aromatic rings. The third-order valence-corrected chi connectivity index (χ3v) is 4.08. The Labute approximate surface area is 130 Å². The first-order valence-corrected chi connectivity index (χ1v) is 7.84. The zero-order valence-electron chi connectivity index (χ0n) is 12.3. The molecule has 0 spiro atoms. The largest absolute Gasteiger partial charge is 0.467 e. The van der Waals surface area contributed by atoms with Crippen LogP contribution in [0.3, 0.4) is 0 Å². The zero-order valence-corrected chi connectivity index (χ0v) is 13.0. The van der Waals surface area contributed by atoms with Gasteiger partial charge in [0.2, 0.25) is 0 Å². The lowest BCUT2D eigenvalue weighted by atomic mass is 10.1. The molecule has 2 N–H and O–H groups in total. The van der Waals surface area contributed by atoms with E-state index in [0.717, 1.165) is 29.4 Å². The molecule has 1 aromatic heterocycles. The fourth-order valence-corrected chi connectivity index (χ4v) is 2.96. The topological polar surface area (TPSA) is 42.4 Å². The molecule has 112 valence electrons. The molecule has 1 aliphatic rings. The molecule has 1 heterocycles. The van der Waals surface area contributed by atoms with E-state index in [-0.39, 0.29) is 6.04 Å². The van der Waals surface area contributed by atoms with E-state index in [1.807, 2.05) is 25.1 Å². The van der Waals surface area contributed by atoms with E-state index in [1.165, 1.54) is 18.4 Å². The Bertz CT molecular complexity index is 591. The van der Waals surface area contributed by atoms with Gasteiger partial charge in [0.1, 0.15) is 5.76 Å². The third-order valence-electron chi connectivity index (χ3n) is 3.77. The summed E-state index contributed by atoms with van der Waals surface area (Å²) >= 11 is 6.51. The summed E-state index contributed by atoms with van der Waals surface area (Å²) in [5.74, 6) is 0.970. The van der Waals surface area contributed by atoms with Crippen molar-refractivity contribution in [1.29, 1.82) is 0 Å². The van der Waals surface area contributed by atoms with Crippen LogP contribution in [0.4, 0.5) is 5.69 Å². The van der Waals surface area contributed by atoms with Crippen LogP contribution in [0.2, 0.25) is 5.02 Å². The monoisotopic (exact) mass is 304 g/mol. The molecule has 1 saturated carbocycles. The molecule has 3 nitrogen and oxygen atoms in total. The van der Waals surface area contributed by atoms with Crippen molar-refractivity contribution in [2.45, 2.75) is 44.8 Å². The molecular weight excluding hydrogens is 284 g/mol. The van der Waals surface area contributed by atoms with Gasteiger partial charge in [0.25, 0.3) is 0 Å². The SMILES string of the molecule is CC(N)Cc1ccc(N(Cc2ccco2)C2CC2)c(Cl)c1. The lowest BCUT2D eigenvalue weighted by molar-refractivity contribution is 0.501. The average molecular weight is 305 g/mol. The maximum absolute atomic E-state index is 6.51. The molecule has 1 atom stereocenters. The Morgan fingerprint density at radius 1 is 1.38 bits per heavy atom. The van der Waals surface area contributed by atoms with Gasteiger partial charge in [-0.25, -0.2) is 0 Å². The normalized spacial score (nSPS) is 16.0. The van der Waals surface area contributed by atoms with Gasteiger partial charge in [0.15, 0.2) is 0 Å². The quantitative estimate of drug-likeness (QED) is 0.877. The minimum atomic E-state index is 0.148. The van der Waals surface area contributed by atoms with Crippen molar-refractivity contribution in [2.75, 3.05) is 4.90 Å². The van der Waals surface area contributed by atoms with Crippen LogP contribution in [0, 0.1) is 0 Å². The number of halogens is 1. The second-order valence-electron chi connectivity index (χ2n) is 5.91. The van der Waals surface area contributed by atoms with Gasteiger partial charge in [-0.2, -0.15) is 0 Å². The minimum Gasteiger partial charge on any atom is -0.467 e. The summed E-state index contributed by atoms with van der Waals surface area (Å²) in [5, 5.41) is 0.798. The number of hydrogen-bond donors (Lipinski definition) is 1. The standard InChI is InChI=1S/C17H21ClN2O/c1-12(19)9-13-4-7-17(16(18)10-13)20(14-5-6-14)11-15-3-2-8-21-15/h2-4,7-8,10,12,14H,5-6,9,11,19H2,1H3. The number of rotatable bonds is 6. The van der Waals surface area contributed by atoms with E-state index < -0.39 is 0 Å². The summed E-state index contributed by atoms with van der Waals surface area (Å²) < 4.78 is 5.48. The first-order valence-electron chi connectivity index (χ1n) is 7.46. The smallest absolute Gasteiger partial charge is 0.123 e. The van der Waals surface area contributed by atoms with Gasteiger partial charge >= 0.3 is 0 Å². The minimum absolute atomic E-state index is 0.148. The summed E-state index contributed by atoms with van der Waals surface area (Å²) in [4.78, 5) is 2.34. The van der Waals surface area contributed by atoms with Crippen molar-refractivity contribution < 1.29 is 4.42 Å². The van der Waals surface area contributed by atoms with E-state index in [4.69, 9.17) is 21.8 Å². The molecule has 1 aliphatic carbocycles. The average Bonchev–Trinajstić information content (AvgIpc) is 3.14. The van der Waals surface area contributed by atoms with E-state index in [9.17, 15) is 0 Å². The van der Waals surface area contributed by atoms with Crippen LogP contribution in [0.1, 0.15) is 31.1 Å². The number of nitrogens with two attached hydrogens (primary N) is 1. The second kappa shape index (κ2) is 6.12. The lowest BCUT2D eigenvalue weighted by Crippen LogP contribution is -2.25. The molecule has 3 rings (SSSR count). The van der Waals surface area contributed by atoms with E-state index in [2.05, 4.69) is 17.0 Å². The summed E-state index contributed by atoms with van der Waals surface area (Å²) in [6.07, 6.45) is 5.01. The Balaban J connectivity index is 1.82. The third kappa shape index (κ3) is 3.60.